The highest BCUT2D eigenvalue weighted by Crippen LogP contribution is 2.32. The van der Waals surface area contributed by atoms with Gasteiger partial charge in [-0.15, -0.1) is 0 Å². The molecule has 0 saturated carbocycles. The fourth-order valence-corrected chi connectivity index (χ4v) is 3.25. The molecule has 2 atom stereocenters. The third kappa shape index (κ3) is 5.94. The summed E-state index contributed by atoms with van der Waals surface area (Å²) in [4.78, 5) is 9.70. The summed E-state index contributed by atoms with van der Waals surface area (Å²) in [5.74, 6) is 0.857. The van der Waals surface area contributed by atoms with Gasteiger partial charge in [0.2, 0.25) is 5.95 Å². The van der Waals surface area contributed by atoms with Crippen LogP contribution in [-0.2, 0) is 10.9 Å². The summed E-state index contributed by atoms with van der Waals surface area (Å²) in [5.41, 5.74) is -0.990. The van der Waals surface area contributed by atoms with Gasteiger partial charge < -0.3 is 20.3 Å². The molecular formula is C16H24F3N5OS. The van der Waals surface area contributed by atoms with Gasteiger partial charge in [-0.05, 0) is 30.5 Å². The topological polar surface area (TPSA) is 62.3 Å². The number of nitrogens with one attached hydrogen (secondary N) is 2. The number of rotatable bonds is 5. The summed E-state index contributed by atoms with van der Waals surface area (Å²) >= 11 is 5.07. The van der Waals surface area contributed by atoms with E-state index in [1.807, 2.05) is 4.90 Å². The largest absolute Gasteiger partial charge is 0.433 e. The number of anilines is 2. The van der Waals surface area contributed by atoms with Crippen molar-refractivity contribution in [1.82, 2.24) is 15.3 Å². The summed E-state index contributed by atoms with van der Waals surface area (Å²) in [6.07, 6.45) is -3.52. The number of hydrogen-bond donors (Lipinski definition) is 2. The van der Waals surface area contributed by atoms with Gasteiger partial charge in [-0.25, -0.2) is 4.98 Å². The summed E-state index contributed by atoms with van der Waals surface area (Å²) in [6, 6.07) is 0.997. The molecule has 0 aromatic carbocycles. The molecule has 1 saturated heterocycles. The van der Waals surface area contributed by atoms with E-state index in [-0.39, 0.29) is 16.9 Å². The van der Waals surface area contributed by atoms with Crippen LogP contribution in [0, 0.1) is 11.8 Å². The molecule has 1 aromatic heterocycles. The van der Waals surface area contributed by atoms with E-state index in [1.54, 1.807) is 7.11 Å². The first-order valence-electron chi connectivity index (χ1n) is 8.44. The Hall–Kier alpha value is -1.68. The number of piperidine rings is 1. The molecule has 0 bridgehead atoms. The van der Waals surface area contributed by atoms with Gasteiger partial charge in [0, 0.05) is 32.8 Å². The summed E-state index contributed by atoms with van der Waals surface area (Å²) in [6.45, 7) is 6.34. The van der Waals surface area contributed by atoms with Crippen LogP contribution in [0.3, 0.4) is 0 Å². The average Bonchev–Trinajstić information content (AvgIpc) is 2.53. The highest BCUT2D eigenvalue weighted by atomic mass is 32.1. The molecule has 0 aliphatic carbocycles. The lowest BCUT2D eigenvalue weighted by molar-refractivity contribution is -0.141. The predicted molar refractivity (Wildman–Crippen MR) is 98.3 cm³/mol. The Morgan fingerprint density at radius 2 is 1.96 bits per heavy atom. The third-order valence-electron chi connectivity index (χ3n) is 4.01. The van der Waals surface area contributed by atoms with Crippen LogP contribution in [-0.4, -0.2) is 48.4 Å². The van der Waals surface area contributed by atoms with Gasteiger partial charge in [0.1, 0.15) is 5.82 Å². The van der Waals surface area contributed by atoms with E-state index in [2.05, 4.69) is 34.4 Å². The fraction of sp³-hybridized carbons (Fsp3) is 0.688. The van der Waals surface area contributed by atoms with Gasteiger partial charge in [-0.1, -0.05) is 13.8 Å². The maximum Gasteiger partial charge on any atom is 0.433 e. The molecular weight excluding hydrogens is 367 g/mol. The molecule has 2 rings (SSSR count). The van der Waals surface area contributed by atoms with Crippen molar-refractivity contribution in [2.45, 2.75) is 26.4 Å². The normalized spacial score (nSPS) is 20.8. The number of methoxy groups -OCH3 is 1. The second-order valence-electron chi connectivity index (χ2n) is 6.66. The van der Waals surface area contributed by atoms with Gasteiger partial charge in [-0.3, -0.25) is 0 Å². The van der Waals surface area contributed by atoms with Crippen LogP contribution in [0.2, 0.25) is 0 Å². The van der Waals surface area contributed by atoms with Crippen molar-refractivity contribution in [2.75, 3.05) is 43.6 Å². The molecule has 0 amide bonds. The zero-order valence-corrected chi connectivity index (χ0v) is 15.9. The van der Waals surface area contributed by atoms with E-state index in [0.717, 1.165) is 12.5 Å². The summed E-state index contributed by atoms with van der Waals surface area (Å²) in [5, 5.41) is 5.60. The van der Waals surface area contributed by atoms with Crippen molar-refractivity contribution in [1.29, 1.82) is 0 Å². The van der Waals surface area contributed by atoms with E-state index in [9.17, 15) is 13.2 Å². The molecule has 2 N–H and O–H groups in total. The molecule has 26 heavy (non-hydrogen) atoms. The zero-order chi connectivity index (χ0) is 19.3. The Morgan fingerprint density at radius 1 is 1.31 bits per heavy atom. The van der Waals surface area contributed by atoms with Crippen molar-refractivity contribution < 1.29 is 17.9 Å². The molecule has 0 spiro atoms. The van der Waals surface area contributed by atoms with E-state index >= 15 is 0 Å². The minimum absolute atomic E-state index is 0.146. The number of alkyl halides is 3. The first kappa shape index (κ1) is 20.6. The molecule has 0 radical (unpaired) electrons. The number of halogens is 3. The monoisotopic (exact) mass is 391 g/mol. The summed E-state index contributed by atoms with van der Waals surface area (Å²) < 4.78 is 44.6. The fourth-order valence-electron chi connectivity index (χ4n) is 3.06. The van der Waals surface area contributed by atoms with Crippen molar-refractivity contribution >= 4 is 29.1 Å². The number of hydrogen-bond acceptors (Lipinski definition) is 5. The molecule has 1 aliphatic heterocycles. The number of aromatic nitrogens is 2. The molecule has 6 nitrogen and oxygen atoms in total. The van der Waals surface area contributed by atoms with Crippen LogP contribution in [0.15, 0.2) is 6.07 Å². The van der Waals surface area contributed by atoms with E-state index in [4.69, 9.17) is 17.0 Å². The van der Waals surface area contributed by atoms with Crippen molar-refractivity contribution in [2.24, 2.45) is 11.8 Å². The van der Waals surface area contributed by atoms with E-state index in [0.29, 0.717) is 38.1 Å². The Balaban J connectivity index is 2.23. The highest BCUT2D eigenvalue weighted by Gasteiger charge is 2.35. The van der Waals surface area contributed by atoms with Gasteiger partial charge >= 0.3 is 6.18 Å². The third-order valence-corrected chi connectivity index (χ3v) is 4.26. The van der Waals surface area contributed by atoms with Crippen molar-refractivity contribution in [3.63, 3.8) is 0 Å². The SMILES string of the molecule is COCCNC(=S)Nc1nc(N2CC(C)CC(C)C2)cc(C(F)(F)F)n1. The zero-order valence-electron chi connectivity index (χ0n) is 15.1. The maximum atomic E-state index is 13.3. The first-order chi connectivity index (χ1) is 12.2. The molecule has 146 valence electrons. The maximum absolute atomic E-state index is 13.3. The van der Waals surface area contributed by atoms with E-state index < -0.39 is 11.9 Å². The number of ether oxygens (including phenoxy) is 1. The van der Waals surface area contributed by atoms with Crippen LogP contribution >= 0.6 is 12.2 Å². The standard InChI is InChI=1S/C16H24F3N5OS/c1-10-6-11(2)9-24(8-10)13-7-12(16(17,18)19)21-14(22-13)23-15(26)20-4-5-25-3/h7,10-11H,4-6,8-9H2,1-3H3,(H2,20,21,22,23,26). The molecule has 1 fully saturated rings. The molecule has 1 aliphatic rings. The highest BCUT2D eigenvalue weighted by molar-refractivity contribution is 7.80. The molecule has 10 heteroatoms. The second kappa shape index (κ2) is 8.81. The minimum atomic E-state index is -4.56. The second-order valence-corrected chi connectivity index (χ2v) is 7.07. The first-order valence-corrected chi connectivity index (χ1v) is 8.85. The van der Waals surface area contributed by atoms with Crippen molar-refractivity contribution in [3.8, 4) is 0 Å². The van der Waals surface area contributed by atoms with Gasteiger partial charge in [0.25, 0.3) is 0 Å². The van der Waals surface area contributed by atoms with E-state index in [1.165, 1.54) is 0 Å². The van der Waals surface area contributed by atoms with Crippen molar-refractivity contribution in [3.05, 3.63) is 11.8 Å². The van der Waals surface area contributed by atoms with Crippen LogP contribution in [0.1, 0.15) is 26.0 Å². The lowest BCUT2D eigenvalue weighted by Gasteiger charge is -2.36. The van der Waals surface area contributed by atoms with Gasteiger partial charge in [0.05, 0.1) is 6.61 Å². The number of nitrogens with zero attached hydrogens (tertiary/aromatic N) is 3. The molecule has 2 unspecified atom stereocenters. The minimum Gasteiger partial charge on any atom is -0.383 e. The Labute approximate surface area is 156 Å². The lowest BCUT2D eigenvalue weighted by atomic mass is 9.92. The van der Waals surface area contributed by atoms with Crippen LogP contribution in [0.4, 0.5) is 24.9 Å². The van der Waals surface area contributed by atoms with Crippen LogP contribution in [0.5, 0.6) is 0 Å². The summed E-state index contributed by atoms with van der Waals surface area (Å²) in [7, 11) is 1.54. The average molecular weight is 391 g/mol. The Kier molecular flexibility index (Phi) is 6.99. The smallest absolute Gasteiger partial charge is 0.383 e. The van der Waals surface area contributed by atoms with Gasteiger partial charge in [-0.2, -0.15) is 18.2 Å². The van der Waals surface area contributed by atoms with Gasteiger partial charge in [0.15, 0.2) is 10.8 Å². The van der Waals surface area contributed by atoms with Crippen LogP contribution < -0.4 is 15.5 Å². The number of thiocarbonyl (C=S) groups is 1. The quantitative estimate of drug-likeness (QED) is 0.591. The molecule has 2 heterocycles. The Bertz CT molecular complexity index is 618. The van der Waals surface area contributed by atoms with Crippen LogP contribution in [0.25, 0.3) is 0 Å². The predicted octanol–water partition coefficient (Wildman–Crippen LogP) is 2.91. The Morgan fingerprint density at radius 3 is 2.54 bits per heavy atom. The lowest BCUT2D eigenvalue weighted by Crippen LogP contribution is -2.39. The molecule has 1 aromatic rings.